The average Bonchev–Trinajstić information content (AvgIpc) is 3.07. The first-order chi connectivity index (χ1) is 14.3. The smallest absolute Gasteiger partial charge is 0.341 e. The summed E-state index contributed by atoms with van der Waals surface area (Å²) < 4.78 is 6.82. The summed E-state index contributed by atoms with van der Waals surface area (Å²) in [6.07, 6.45) is 3.65. The molecular formula is C20H22N4O5S. The molecule has 0 aromatic carbocycles. The molecule has 2 aromatic heterocycles. The molecular weight excluding hydrogens is 408 g/mol. The zero-order valence-electron chi connectivity index (χ0n) is 17.0. The highest BCUT2D eigenvalue weighted by molar-refractivity contribution is 7.17. The fourth-order valence-electron chi connectivity index (χ4n) is 3.56. The van der Waals surface area contributed by atoms with Gasteiger partial charge < -0.3 is 10.1 Å². The Morgan fingerprint density at radius 2 is 2.13 bits per heavy atom. The predicted molar refractivity (Wildman–Crippen MR) is 111 cm³/mol. The highest BCUT2D eigenvalue weighted by Crippen LogP contribution is 2.40. The van der Waals surface area contributed by atoms with Crippen LogP contribution in [0, 0.1) is 17.2 Å². The van der Waals surface area contributed by atoms with Crippen LogP contribution in [0.1, 0.15) is 46.6 Å². The molecule has 0 fully saturated rings. The van der Waals surface area contributed by atoms with E-state index in [1.807, 2.05) is 0 Å². The second-order valence-electron chi connectivity index (χ2n) is 7.21. The number of anilines is 1. The molecule has 0 radical (unpaired) electrons. The summed E-state index contributed by atoms with van der Waals surface area (Å²) >= 11 is 1.32. The Kier molecular flexibility index (Phi) is 6.22. The molecule has 1 atom stereocenters. The summed E-state index contributed by atoms with van der Waals surface area (Å²) in [7, 11) is 1.28. The molecule has 30 heavy (non-hydrogen) atoms. The zero-order chi connectivity index (χ0) is 22.0. The number of aromatic nitrogens is 2. The summed E-state index contributed by atoms with van der Waals surface area (Å²) in [4.78, 5) is 50.9. The quantitative estimate of drug-likeness (QED) is 0.718. The summed E-state index contributed by atoms with van der Waals surface area (Å²) in [6, 6.07) is 1.75. The van der Waals surface area contributed by atoms with E-state index in [1.54, 1.807) is 13.0 Å². The Labute approximate surface area is 176 Å². The van der Waals surface area contributed by atoms with E-state index in [2.05, 4.69) is 12.2 Å². The van der Waals surface area contributed by atoms with Gasteiger partial charge in [-0.25, -0.2) is 14.2 Å². The van der Waals surface area contributed by atoms with E-state index in [9.17, 15) is 19.2 Å². The molecule has 1 aliphatic rings. The van der Waals surface area contributed by atoms with Gasteiger partial charge in [-0.15, -0.1) is 11.3 Å². The van der Waals surface area contributed by atoms with E-state index in [-0.39, 0.29) is 12.1 Å². The van der Waals surface area contributed by atoms with Gasteiger partial charge in [-0.3, -0.25) is 14.2 Å². The van der Waals surface area contributed by atoms with Gasteiger partial charge in [0.1, 0.15) is 23.2 Å². The maximum atomic E-state index is 12.7. The molecule has 1 amide bonds. The first-order valence-corrected chi connectivity index (χ1v) is 10.4. The topological polar surface area (TPSA) is 123 Å². The van der Waals surface area contributed by atoms with Crippen molar-refractivity contribution in [3.63, 3.8) is 0 Å². The number of hydrogen-bond donors (Lipinski definition) is 1. The molecule has 0 aliphatic heterocycles. The van der Waals surface area contributed by atoms with Gasteiger partial charge in [-0.05, 0) is 37.7 Å². The number of fused-ring (bicyclic) bond motifs is 1. The monoisotopic (exact) mass is 430 g/mol. The molecule has 9 nitrogen and oxygen atoms in total. The van der Waals surface area contributed by atoms with Crippen molar-refractivity contribution in [3.8, 4) is 6.07 Å². The number of nitriles is 1. The lowest BCUT2D eigenvalue weighted by Gasteiger charge is -2.18. The van der Waals surface area contributed by atoms with E-state index < -0.39 is 29.7 Å². The Morgan fingerprint density at radius 3 is 2.77 bits per heavy atom. The molecule has 10 heteroatoms. The average molecular weight is 430 g/mol. The van der Waals surface area contributed by atoms with Crippen molar-refractivity contribution in [1.82, 2.24) is 9.13 Å². The largest absolute Gasteiger partial charge is 0.465 e. The lowest BCUT2D eigenvalue weighted by Crippen LogP contribution is -2.43. The number of amides is 1. The van der Waals surface area contributed by atoms with E-state index in [1.165, 1.54) is 29.2 Å². The van der Waals surface area contributed by atoms with Crippen LogP contribution < -0.4 is 16.6 Å². The Morgan fingerprint density at radius 1 is 1.40 bits per heavy atom. The minimum atomic E-state index is -0.824. The first kappa shape index (κ1) is 21.5. The Balaban J connectivity index is 1.95. The number of ether oxygens (including phenoxy) is 1. The number of methoxy groups -OCH3 is 1. The maximum absolute atomic E-state index is 12.7. The predicted octanol–water partition coefficient (Wildman–Crippen LogP) is 1.51. The van der Waals surface area contributed by atoms with Crippen molar-refractivity contribution in [3.05, 3.63) is 48.6 Å². The number of esters is 1. The summed E-state index contributed by atoms with van der Waals surface area (Å²) in [5, 5.41) is 12.2. The van der Waals surface area contributed by atoms with Gasteiger partial charge >= 0.3 is 11.7 Å². The number of thiophene rings is 1. The van der Waals surface area contributed by atoms with Crippen LogP contribution in [-0.4, -0.2) is 28.1 Å². The summed E-state index contributed by atoms with van der Waals surface area (Å²) in [6.45, 7) is 3.51. The highest BCUT2D eigenvalue weighted by Gasteiger charge is 2.29. The van der Waals surface area contributed by atoms with E-state index >= 15 is 0 Å². The van der Waals surface area contributed by atoms with Gasteiger partial charge in [-0.1, -0.05) is 6.92 Å². The molecule has 1 N–H and O–H groups in total. The molecule has 2 heterocycles. The van der Waals surface area contributed by atoms with Crippen molar-refractivity contribution in [2.75, 3.05) is 12.4 Å². The second kappa shape index (κ2) is 8.67. The van der Waals surface area contributed by atoms with Crippen LogP contribution in [0.2, 0.25) is 0 Å². The number of rotatable bonds is 5. The van der Waals surface area contributed by atoms with Crippen LogP contribution in [-0.2, 0) is 35.5 Å². The van der Waals surface area contributed by atoms with Gasteiger partial charge in [0.15, 0.2) is 0 Å². The van der Waals surface area contributed by atoms with Crippen LogP contribution in [0.4, 0.5) is 5.00 Å². The summed E-state index contributed by atoms with van der Waals surface area (Å²) in [5.74, 6) is -0.692. The minimum absolute atomic E-state index is 0.222. The normalized spacial score (nSPS) is 15.2. The highest BCUT2D eigenvalue weighted by atomic mass is 32.1. The number of carbonyl (C=O) groups excluding carboxylic acids is 2. The standard InChI is InChI=1S/C20H22N4O5S/c1-4-23-9-12(8-21)18(26)24(20(23)28)10-15(25)22-17-16(19(27)29-3)13-6-5-11(2)7-14(13)30-17/h9,11H,4-7,10H2,1-3H3,(H,22,25). The number of aryl methyl sites for hydroxylation is 1. The van der Waals surface area contributed by atoms with Gasteiger partial charge in [-0.2, -0.15) is 5.26 Å². The van der Waals surface area contributed by atoms with Crippen molar-refractivity contribution in [2.24, 2.45) is 5.92 Å². The zero-order valence-corrected chi connectivity index (χ0v) is 17.8. The third-order valence-corrected chi connectivity index (χ3v) is 6.32. The molecule has 0 spiro atoms. The van der Waals surface area contributed by atoms with Crippen LogP contribution in [0.5, 0.6) is 0 Å². The van der Waals surface area contributed by atoms with Crippen LogP contribution >= 0.6 is 11.3 Å². The molecule has 3 rings (SSSR count). The number of carbonyl (C=O) groups is 2. The van der Waals surface area contributed by atoms with Crippen LogP contribution in [0.3, 0.4) is 0 Å². The number of nitrogens with zero attached hydrogens (tertiary/aromatic N) is 3. The first-order valence-electron chi connectivity index (χ1n) is 9.57. The lowest BCUT2D eigenvalue weighted by molar-refractivity contribution is -0.116. The van der Waals surface area contributed by atoms with Gasteiger partial charge in [0.25, 0.3) is 5.56 Å². The third-order valence-electron chi connectivity index (χ3n) is 5.15. The van der Waals surface area contributed by atoms with Crippen molar-refractivity contribution < 1.29 is 14.3 Å². The van der Waals surface area contributed by atoms with Gasteiger partial charge in [0.05, 0.1) is 12.7 Å². The van der Waals surface area contributed by atoms with E-state index in [0.717, 1.165) is 34.3 Å². The fraction of sp³-hybridized carbons (Fsp3) is 0.450. The fourth-order valence-corrected chi connectivity index (χ4v) is 4.98. The molecule has 158 valence electrons. The Hall–Kier alpha value is -3.19. The molecule has 2 aromatic rings. The lowest BCUT2D eigenvalue weighted by atomic mass is 9.88. The van der Waals surface area contributed by atoms with E-state index in [0.29, 0.717) is 16.5 Å². The SMILES string of the molecule is CCn1cc(C#N)c(=O)n(CC(=O)Nc2sc3c(c2C(=O)OC)CCC(C)C3)c1=O. The van der Waals surface area contributed by atoms with Gasteiger partial charge in [0, 0.05) is 17.6 Å². The second-order valence-corrected chi connectivity index (χ2v) is 8.32. The molecule has 1 aliphatic carbocycles. The number of nitrogens with one attached hydrogen (secondary N) is 1. The van der Waals surface area contributed by atoms with Crippen molar-refractivity contribution in [1.29, 1.82) is 5.26 Å². The molecule has 1 unspecified atom stereocenters. The van der Waals surface area contributed by atoms with Crippen LogP contribution in [0.15, 0.2) is 15.8 Å². The molecule has 0 saturated carbocycles. The Bertz CT molecular complexity index is 1170. The summed E-state index contributed by atoms with van der Waals surface area (Å²) in [5.41, 5.74) is -0.502. The van der Waals surface area contributed by atoms with E-state index in [4.69, 9.17) is 10.00 Å². The molecule has 0 saturated heterocycles. The minimum Gasteiger partial charge on any atom is -0.465 e. The van der Waals surface area contributed by atoms with Crippen molar-refractivity contribution >= 4 is 28.2 Å². The number of hydrogen-bond acceptors (Lipinski definition) is 7. The van der Waals surface area contributed by atoms with Crippen LogP contribution in [0.25, 0.3) is 0 Å². The van der Waals surface area contributed by atoms with Gasteiger partial charge in [0.2, 0.25) is 5.91 Å². The third kappa shape index (κ3) is 3.93. The van der Waals surface area contributed by atoms with Crippen molar-refractivity contribution in [2.45, 2.75) is 46.2 Å². The maximum Gasteiger partial charge on any atom is 0.341 e. The molecule has 0 bridgehead atoms.